The minimum Gasteiger partial charge on any atom is -0.394 e. The van der Waals surface area contributed by atoms with Crippen molar-refractivity contribution in [3.8, 4) is 0 Å². The van der Waals surface area contributed by atoms with Gasteiger partial charge >= 0.3 is 0 Å². The Morgan fingerprint density at radius 2 is 1.50 bits per heavy atom. The summed E-state index contributed by atoms with van der Waals surface area (Å²) in [6.07, 6.45) is 11.4. The molecule has 8 nitrogen and oxygen atoms in total. The third-order valence-corrected chi connectivity index (χ3v) is 5.41. The number of nitrogens with zero attached hydrogens (tertiary/aromatic N) is 7. The molecule has 4 heterocycles. The molecule has 0 spiro atoms. The summed E-state index contributed by atoms with van der Waals surface area (Å²) in [5, 5.41) is 13.3. The number of aromatic nitrogens is 4. The maximum Gasteiger partial charge on any atom is 0.172 e. The van der Waals surface area contributed by atoms with Crippen LogP contribution in [0.4, 0.5) is 11.6 Å². The Morgan fingerprint density at radius 3 is 2.14 bits per heavy atom. The number of piperazine rings is 1. The number of halogens is 1. The first kappa shape index (κ1) is 20.8. The fourth-order valence-corrected chi connectivity index (χ4v) is 3.96. The molecule has 0 aliphatic carbocycles. The fraction of sp³-hybridized carbons (Fsp3) is 0.632. The molecule has 0 atom stereocenters. The number of piperidine rings is 1. The number of rotatable bonds is 6. The van der Waals surface area contributed by atoms with Gasteiger partial charge in [-0.1, -0.05) is 0 Å². The zero-order chi connectivity index (χ0) is 18.5. The van der Waals surface area contributed by atoms with Crippen LogP contribution in [0.2, 0.25) is 0 Å². The molecule has 0 bridgehead atoms. The van der Waals surface area contributed by atoms with E-state index >= 15 is 0 Å². The van der Waals surface area contributed by atoms with Gasteiger partial charge < -0.3 is 14.9 Å². The van der Waals surface area contributed by atoms with E-state index in [1.807, 2.05) is 24.8 Å². The maximum absolute atomic E-state index is 9.01. The first-order valence-corrected chi connectivity index (χ1v) is 9.99. The fourth-order valence-electron chi connectivity index (χ4n) is 3.96. The van der Waals surface area contributed by atoms with Gasteiger partial charge in [0, 0.05) is 70.0 Å². The van der Waals surface area contributed by atoms with Crippen LogP contribution in [-0.4, -0.2) is 75.6 Å². The first-order chi connectivity index (χ1) is 13.3. The highest BCUT2D eigenvalue weighted by Crippen LogP contribution is 2.27. The Labute approximate surface area is 172 Å². The van der Waals surface area contributed by atoms with E-state index in [0.29, 0.717) is 6.54 Å². The number of aliphatic hydroxyl groups is 1. The third kappa shape index (κ3) is 4.92. The lowest BCUT2D eigenvalue weighted by Crippen LogP contribution is -2.47. The number of anilines is 2. The van der Waals surface area contributed by atoms with Gasteiger partial charge in [0.2, 0.25) is 0 Å². The Bertz CT molecular complexity index is 727. The second-order valence-electron chi connectivity index (χ2n) is 7.35. The highest BCUT2D eigenvalue weighted by Gasteiger charge is 2.24. The average Bonchev–Trinajstić information content (AvgIpc) is 3.16. The molecule has 2 saturated heterocycles. The third-order valence-electron chi connectivity index (χ3n) is 5.41. The summed E-state index contributed by atoms with van der Waals surface area (Å²) in [6, 6.07) is 0. The molecule has 0 saturated carbocycles. The van der Waals surface area contributed by atoms with Crippen LogP contribution in [0.15, 0.2) is 24.8 Å². The topological polar surface area (TPSA) is 73.6 Å². The molecule has 0 radical (unpaired) electrons. The number of hydrogen-bond acceptors (Lipinski definition) is 7. The molecule has 2 aromatic heterocycles. The van der Waals surface area contributed by atoms with Crippen molar-refractivity contribution in [3.63, 3.8) is 0 Å². The van der Waals surface area contributed by atoms with Gasteiger partial charge in [-0.15, -0.1) is 12.4 Å². The monoisotopic (exact) mass is 407 g/mol. The van der Waals surface area contributed by atoms with Crippen molar-refractivity contribution in [1.82, 2.24) is 24.6 Å². The number of hydrogen-bond donors (Lipinski definition) is 1. The molecule has 0 aromatic carbocycles. The van der Waals surface area contributed by atoms with E-state index in [9.17, 15) is 0 Å². The molecule has 2 fully saturated rings. The number of aliphatic hydroxyl groups excluding tert-OH is 1. The molecular weight excluding hydrogens is 378 g/mol. The van der Waals surface area contributed by atoms with Crippen molar-refractivity contribution in [2.45, 2.75) is 32.4 Å². The normalized spacial score (nSPS) is 18.2. The van der Waals surface area contributed by atoms with Gasteiger partial charge in [0.15, 0.2) is 11.6 Å². The van der Waals surface area contributed by atoms with Crippen LogP contribution >= 0.6 is 12.4 Å². The van der Waals surface area contributed by atoms with Crippen LogP contribution in [0.1, 0.15) is 24.8 Å². The molecule has 1 N–H and O–H groups in total. The molecule has 0 unspecified atom stereocenters. The van der Waals surface area contributed by atoms with Gasteiger partial charge in [-0.2, -0.15) is 5.10 Å². The molecule has 154 valence electrons. The van der Waals surface area contributed by atoms with Crippen LogP contribution in [0, 0.1) is 0 Å². The quantitative estimate of drug-likeness (QED) is 0.775. The summed E-state index contributed by atoms with van der Waals surface area (Å²) < 4.78 is 1.80. The minimum atomic E-state index is 0. The lowest BCUT2D eigenvalue weighted by Gasteiger charge is -2.37. The van der Waals surface area contributed by atoms with E-state index in [4.69, 9.17) is 5.11 Å². The highest BCUT2D eigenvalue weighted by atomic mass is 35.5. The predicted molar refractivity (Wildman–Crippen MR) is 112 cm³/mol. The summed E-state index contributed by atoms with van der Waals surface area (Å²) in [7, 11) is 0. The van der Waals surface area contributed by atoms with E-state index in [1.165, 1.54) is 24.8 Å². The summed E-state index contributed by atoms with van der Waals surface area (Å²) >= 11 is 0. The average molecular weight is 408 g/mol. The van der Waals surface area contributed by atoms with Crippen LogP contribution in [0.3, 0.4) is 0 Å². The molecule has 0 amide bonds. The Balaban J connectivity index is 0.00000225. The van der Waals surface area contributed by atoms with E-state index in [1.54, 1.807) is 4.68 Å². The van der Waals surface area contributed by atoms with Crippen molar-refractivity contribution >= 4 is 24.0 Å². The molecule has 4 rings (SSSR count). The SMILES string of the molecule is Cl.OCCn1cc(CN2CCN(c3nccnc3N3CCCCC3)CC2)cn1. The van der Waals surface area contributed by atoms with Gasteiger partial charge in [0.25, 0.3) is 0 Å². The predicted octanol–water partition coefficient (Wildman–Crippen LogP) is 1.40. The lowest BCUT2D eigenvalue weighted by atomic mass is 10.1. The van der Waals surface area contributed by atoms with E-state index in [-0.39, 0.29) is 19.0 Å². The molecular formula is C19H30ClN7O. The van der Waals surface area contributed by atoms with Crippen LogP contribution < -0.4 is 9.80 Å². The second kappa shape index (κ2) is 10.0. The minimum absolute atomic E-state index is 0. The largest absolute Gasteiger partial charge is 0.394 e. The van der Waals surface area contributed by atoms with E-state index < -0.39 is 0 Å². The van der Waals surface area contributed by atoms with Gasteiger partial charge in [0.05, 0.1) is 19.3 Å². The summed E-state index contributed by atoms with van der Waals surface area (Å²) in [6.45, 7) is 7.68. The first-order valence-electron chi connectivity index (χ1n) is 9.99. The van der Waals surface area contributed by atoms with Crippen molar-refractivity contribution in [2.75, 3.05) is 55.7 Å². The van der Waals surface area contributed by atoms with Crippen LogP contribution in [-0.2, 0) is 13.1 Å². The van der Waals surface area contributed by atoms with Crippen molar-refractivity contribution < 1.29 is 5.11 Å². The van der Waals surface area contributed by atoms with Crippen molar-refractivity contribution in [1.29, 1.82) is 0 Å². The molecule has 28 heavy (non-hydrogen) atoms. The Kier molecular flexibility index (Phi) is 7.47. The zero-order valence-electron chi connectivity index (χ0n) is 16.3. The maximum atomic E-state index is 9.01. The zero-order valence-corrected chi connectivity index (χ0v) is 17.1. The van der Waals surface area contributed by atoms with Gasteiger partial charge in [-0.05, 0) is 19.3 Å². The van der Waals surface area contributed by atoms with E-state index in [0.717, 1.165) is 57.4 Å². The van der Waals surface area contributed by atoms with Gasteiger partial charge in [-0.25, -0.2) is 9.97 Å². The standard InChI is InChI=1S/C19H29N7O.ClH/c27-13-12-26-16-17(14-22-26)15-23-8-10-25(11-9-23)19-18(20-4-5-21-19)24-6-2-1-3-7-24;/h4-5,14,16,27H,1-3,6-13,15H2;1H. The summed E-state index contributed by atoms with van der Waals surface area (Å²) in [5.41, 5.74) is 1.20. The molecule has 2 aliphatic heterocycles. The molecule has 2 aromatic rings. The summed E-state index contributed by atoms with van der Waals surface area (Å²) in [5.74, 6) is 2.09. The molecule has 2 aliphatic rings. The van der Waals surface area contributed by atoms with Crippen LogP contribution in [0.5, 0.6) is 0 Å². The second-order valence-corrected chi connectivity index (χ2v) is 7.35. The van der Waals surface area contributed by atoms with E-state index in [2.05, 4.69) is 29.8 Å². The lowest BCUT2D eigenvalue weighted by molar-refractivity contribution is 0.248. The Hall–Kier alpha value is -1.90. The summed E-state index contributed by atoms with van der Waals surface area (Å²) in [4.78, 5) is 16.6. The molecule has 9 heteroatoms. The van der Waals surface area contributed by atoms with Crippen LogP contribution in [0.25, 0.3) is 0 Å². The smallest absolute Gasteiger partial charge is 0.172 e. The van der Waals surface area contributed by atoms with Crippen molar-refractivity contribution in [3.05, 3.63) is 30.4 Å². The van der Waals surface area contributed by atoms with Gasteiger partial charge in [-0.3, -0.25) is 9.58 Å². The van der Waals surface area contributed by atoms with Crippen molar-refractivity contribution in [2.24, 2.45) is 0 Å². The highest BCUT2D eigenvalue weighted by molar-refractivity contribution is 5.85. The Morgan fingerprint density at radius 1 is 0.857 bits per heavy atom. The van der Waals surface area contributed by atoms with Gasteiger partial charge in [0.1, 0.15) is 0 Å².